The molecule has 6 nitrogen and oxygen atoms in total. The fourth-order valence-electron chi connectivity index (χ4n) is 2.89. The first kappa shape index (κ1) is 19.5. The quantitative estimate of drug-likeness (QED) is 0.814. The minimum Gasteiger partial charge on any atom is -0.481 e. The maximum Gasteiger partial charge on any atom is 0.303 e. The second-order valence-corrected chi connectivity index (χ2v) is 6.95. The van der Waals surface area contributed by atoms with Gasteiger partial charge < -0.3 is 15.3 Å². The van der Waals surface area contributed by atoms with Gasteiger partial charge in [-0.3, -0.25) is 14.4 Å². The van der Waals surface area contributed by atoms with Gasteiger partial charge in [0.15, 0.2) is 0 Å². The minimum atomic E-state index is -0.816. The summed E-state index contributed by atoms with van der Waals surface area (Å²) in [7, 11) is 0. The number of rotatable bonds is 5. The third-order valence-electron chi connectivity index (χ3n) is 4.30. The summed E-state index contributed by atoms with van der Waals surface area (Å²) < 4.78 is 0. The number of aliphatic carboxylic acids is 1. The summed E-state index contributed by atoms with van der Waals surface area (Å²) in [5.74, 6) is -1.38. The van der Waals surface area contributed by atoms with Crippen molar-refractivity contribution >= 4 is 41.0 Å². The molecule has 136 valence electrons. The number of piperidine rings is 1. The fraction of sp³-hybridized carbons (Fsp3) is 0.471. The van der Waals surface area contributed by atoms with E-state index in [-0.39, 0.29) is 33.9 Å². The predicted octanol–water partition coefficient (Wildman–Crippen LogP) is 2.83. The van der Waals surface area contributed by atoms with E-state index in [1.54, 1.807) is 24.0 Å². The minimum absolute atomic E-state index is 0.0942. The molecule has 1 aliphatic rings. The van der Waals surface area contributed by atoms with Crippen molar-refractivity contribution in [2.24, 2.45) is 5.92 Å². The van der Waals surface area contributed by atoms with E-state index in [9.17, 15) is 14.4 Å². The van der Waals surface area contributed by atoms with Gasteiger partial charge in [-0.05, 0) is 37.8 Å². The number of benzene rings is 1. The van der Waals surface area contributed by atoms with Gasteiger partial charge in [0.25, 0.3) is 5.91 Å². The zero-order chi connectivity index (χ0) is 18.6. The Morgan fingerprint density at radius 1 is 1.28 bits per heavy atom. The van der Waals surface area contributed by atoms with E-state index in [1.807, 2.05) is 0 Å². The lowest BCUT2D eigenvalue weighted by Gasteiger charge is -2.33. The number of hydrogen-bond donors (Lipinski definition) is 2. The van der Waals surface area contributed by atoms with Crippen LogP contribution >= 0.6 is 23.2 Å². The van der Waals surface area contributed by atoms with Gasteiger partial charge in [-0.2, -0.15) is 0 Å². The highest BCUT2D eigenvalue weighted by atomic mass is 35.5. The highest BCUT2D eigenvalue weighted by Gasteiger charge is 2.28. The molecule has 2 rings (SSSR count). The topological polar surface area (TPSA) is 86.7 Å². The van der Waals surface area contributed by atoms with Crippen molar-refractivity contribution in [3.05, 3.63) is 33.8 Å². The van der Waals surface area contributed by atoms with Gasteiger partial charge in [0.1, 0.15) is 6.04 Å². The molecule has 1 saturated heterocycles. The summed E-state index contributed by atoms with van der Waals surface area (Å²) in [4.78, 5) is 37.2. The molecule has 2 N–H and O–H groups in total. The van der Waals surface area contributed by atoms with E-state index in [0.29, 0.717) is 25.9 Å². The van der Waals surface area contributed by atoms with E-state index < -0.39 is 17.9 Å². The molecule has 1 unspecified atom stereocenters. The second kappa shape index (κ2) is 8.54. The highest BCUT2D eigenvalue weighted by Crippen LogP contribution is 2.25. The van der Waals surface area contributed by atoms with Gasteiger partial charge in [-0.1, -0.05) is 29.3 Å². The molecule has 1 heterocycles. The monoisotopic (exact) mass is 386 g/mol. The molecule has 25 heavy (non-hydrogen) atoms. The Morgan fingerprint density at radius 2 is 1.92 bits per heavy atom. The normalized spacial score (nSPS) is 16.4. The molecular weight excluding hydrogens is 367 g/mol. The van der Waals surface area contributed by atoms with Crippen molar-refractivity contribution in [1.29, 1.82) is 0 Å². The van der Waals surface area contributed by atoms with E-state index in [0.717, 1.165) is 0 Å². The first-order valence-electron chi connectivity index (χ1n) is 8.05. The summed E-state index contributed by atoms with van der Waals surface area (Å²) in [5, 5.41) is 11.9. The predicted molar refractivity (Wildman–Crippen MR) is 94.9 cm³/mol. The average Bonchev–Trinajstić information content (AvgIpc) is 2.56. The number of nitrogens with one attached hydrogen (secondary N) is 1. The fourth-order valence-corrected chi connectivity index (χ4v) is 3.28. The van der Waals surface area contributed by atoms with Crippen molar-refractivity contribution in [2.45, 2.75) is 32.2 Å². The molecule has 0 saturated carbocycles. The average molecular weight is 387 g/mol. The first-order valence-corrected chi connectivity index (χ1v) is 8.80. The van der Waals surface area contributed by atoms with Gasteiger partial charge in [0.05, 0.1) is 15.6 Å². The summed E-state index contributed by atoms with van der Waals surface area (Å²) in [6.45, 7) is 2.60. The van der Waals surface area contributed by atoms with Crippen molar-refractivity contribution in [3.63, 3.8) is 0 Å². The van der Waals surface area contributed by atoms with Crippen molar-refractivity contribution in [1.82, 2.24) is 10.2 Å². The van der Waals surface area contributed by atoms with Crippen LogP contribution in [0, 0.1) is 5.92 Å². The third-order valence-corrected chi connectivity index (χ3v) is 5.12. The Bertz CT molecular complexity index is 673. The zero-order valence-electron chi connectivity index (χ0n) is 13.8. The van der Waals surface area contributed by atoms with E-state index in [1.165, 1.54) is 6.07 Å². The van der Waals surface area contributed by atoms with Crippen LogP contribution in [0.5, 0.6) is 0 Å². The standard InChI is InChI=1S/C17H20Cl2N2O4/c1-10(20-16(24)12-3-2-4-13(18)15(12)19)17(25)21-7-5-11(6-8-21)9-14(22)23/h2-4,10-11H,5-9H2,1H3,(H,20,24)(H,22,23). The van der Waals surface area contributed by atoms with Gasteiger partial charge in [0.2, 0.25) is 5.91 Å². The van der Waals surface area contributed by atoms with Gasteiger partial charge in [-0.25, -0.2) is 0 Å². The summed E-state index contributed by atoms with van der Waals surface area (Å²) >= 11 is 11.9. The summed E-state index contributed by atoms with van der Waals surface area (Å²) in [6, 6.07) is 4.02. The second-order valence-electron chi connectivity index (χ2n) is 6.16. The van der Waals surface area contributed by atoms with Crippen LogP contribution in [-0.2, 0) is 9.59 Å². The Balaban J connectivity index is 1.91. The summed E-state index contributed by atoms with van der Waals surface area (Å²) in [6.07, 6.45) is 1.43. The number of carbonyl (C=O) groups excluding carboxylic acids is 2. The van der Waals surface area contributed by atoms with E-state index in [4.69, 9.17) is 28.3 Å². The number of nitrogens with zero attached hydrogens (tertiary/aromatic N) is 1. The maximum atomic E-state index is 12.5. The van der Waals surface area contributed by atoms with Crippen LogP contribution in [0.4, 0.5) is 0 Å². The molecule has 0 bridgehead atoms. The first-order chi connectivity index (χ1) is 11.8. The molecule has 2 amide bonds. The maximum absolute atomic E-state index is 12.5. The molecule has 1 aromatic rings. The Morgan fingerprint density at radius 3 is 2.52 bits per heavy atom. The molecule has 1 fully saturated rings. The van der Waals surface area contributed by atoms with Crippen LogP contribution < -0.4 is 5.32 Å². The van der Waals surface area contributed by atoms with E-state index in [2.05, 4.69) is 5.32 Å². The number of amides is 2. The molecule has 1 aliphatic heterocycles. The van der Waals surface area contributed by atoms with Gasteiger partial charge >= 0.3 is 5.97 Å². The highest BCUT2D eigenvalue weighted by molar-refractivity contribution is 6.43. The Labute approximate surface area is 156 Å². The molecule has 0 aromatic heterocycles. The molecule has 0 radical (unpaired) electrons. The van der Waals surface area contributed by atoms with Crippen LogP contribution in [0.1, 0.15) is 36.5 Å². The lowest BCUT2D eigenvalue weighted by Crippen LogP contribution is -2.49. The lowest BCUT2D eigenvalue weighted by molar-refractivity contribution is -0.139. The van der Waals surface area contributed by atoms with Crippen molar-refractivity contribution in [3.8, 4) is 0 Å². The SMILES string of the molecule is CC(NC(=O)c1cccc(Cl)c1Cl)C(=O)N1CCC(CC(=O)O)CC1. The molecule has 8 heteroatoms. The lowest BCUT2D eigenvalue weighted by atomic mass is 9.93. The largest absolute Gasteiger partial charge is 0.481 e. The summed E-state index contributed by atoms with van der Waals surface area (Å²) in [5.41, 5.74) is 0.217. The number of carboxylic acid groups (broad SMARTS) is 1. The zero-order valence-corrected chi connectivity index (χ0v) is 15.3. The Hall–Kier alpha value is -1.79. The molecular formula is C17H20Cl2N2O4. The number of hydrogen-bond acceptors (Lipinski definition) is 3. The van der Waals surface area contributed by atoms with Gasteiger partial charge in [-0.15, -0.1) is 0 Å². The smallest absolute Gasteiger partial charge is 0.303 e. The molecule has 1 aromatic carbocycles. The Kier molecular flexibility index (Phi) is 6.67. The van der Waals surface area contributed by atoms with Crippen LogP contribution in [0.2, 0.25) is 10.0 Å². The molecule has 0 spiro atoms. The number of carboxylic acids is 1. The molecule has 0 aliphatic carbocycles. The van der Waals surface area contributed by atoms with Crippen LogP contribution in [0.15, 0.2) is 18.2 Å². The van der Waals surface area contributed by atoms with Crippen LogP contribution in [-0.4, -0.2) is 46.9 Å². The number of likely N-dealkylation sites (tertiary alicyclic amines) is 1. The van der Waals surface area contributed by atoms with Crippen LogP contribution in [0.3, 0.4) is 0 Å². The third kappa shape index (κ3) is 5.09. The number of halogens is 2. The molecule has 1 atom stereocenters. The van der Waals surface area contributed by atoms with Gasteiger partial charge in [0, 0.05) is 19.5 Å². The number of carbonyl (C=O) groups is 3. The van der Waals surface area contributed by atoms with Crippen LogP contribution in [0.25, 0.3) is 0 Å². The van der Waals surface area contributed by atoms with Crippen molar-refractivity contribution in [2.75, 3.05) is 13.1 Å². The van der Waals surface area contributed by atoms with Crippen molar-refractivity contribution < 1.29 is 19.5 Å². The van der Waals surface area contributed by atoms with E-state index >= 15 is 0 Å².